The van der Waals surface area contributed by atoms with E-state index in [-0.39, 0.29) is 6.54 Å². The number of hydrazine groups is 1. The highest BCUT2D eigenvalue weighted by atomic mass is 16.2. The fourth-order valence-electron chi connectivity index (χ4n) is 0.692. The monoisotopic (exact) mass is 213 g/mol. The lowest BCUT2D eigenvalue weighted by Crippen LogP contribution is -2.43. The minimum Gasteiger partial charge on any atom is -0.333 e. The molecule has 0 aromatic heterocycles. The Morgan fingerprint density at radius 3 is 2.53 bits per heavy atom. The van der Waals surface area contributed by atoms with Gasteiger partial charge < -0.3 is 4.90 Å². The van der Waals surface area contributed by atoms with E-state index in [1.165, 1.54) is 7.05 Å². The van der Waals surface area contributed by atoms with Crippen LogP contribution in [-0.2, 0) is 19.2 Å². The Bertz CT molecular complexity index is 288. The van der Waals surface area contributed by atoms with Gasteiger partial charge in [0.2, 0.25) is 12.3 Å². The number of carbonyl (C=O) groups excluding carboxylic acids is 4. The Hall–Kier alpha value is -2.18. The van der Waals surface area contributed by atoms with Crippen molar-refractivity contribution >= 4 is 24.5 Å². The second kappa shape index (κ2) is 7.25. The minimum absolute atomic E-state index is 0.219. The number of nitrogens with zero attached hydrogens (tertiary/aromatic N) is 1. The van der Waals surface area contributed by atoms with E-state index in [9.17, 15) is 19.2 Å². The van der Waals surface area contributed by atoms with E-state index in [4.69, 9.17) is 0 Å². The molecule has 2 N–H and O–H groups in total. The van der Waals surface area contributed by atoms with Crippen LogP contribution in [0.5, 0.6) is 0 Å². The Balaban J connectivity index is 4.00. The molecule has 82 valence electrons. The number of likely N-dealkylation sites (N-methyl/N-ethyl adjacent to an activating group) is 1. The standard InChI is InChI=1S/C8H11N3O4/c1-11(8(15)3-2-4-12)5-7(14)10-9-6-13/h2-4,6H,5H2,1H3,(H,9,13)(H,10,14)/b3-2-. The number of aldehydes is 1. The molecule has 0 bridgehead atoms. The largest absolute Gasteiger partial charge is 0.333 e. The average molecular weight is 213 g/mol. The third kappa shape index (κ3) is 5.97. The second-order valence-electron chi connectivity index (χ2n) is 2.50. The predicted molar refractivity (Wildman–Crippen MR) is 50.2 cm³/mol. The Morgan fingerprint density at radius 2 is 2.00 bits per heavy atom. The molecule has 0 atom stereocenters. The van der Waals surface area contributed by atoms with Crippen LogP contribution in [0.1, 0.15) is 0 Å². The molecule has 0 spiro atoms. The van der Waals surface area contributed by atoms with Gasteiger partial charge in [0.1, 0.15) is 12.8 Å². The van der Waals surface area contributed by atoms with Crippen LogP contribution in [0.15, 0.2) is 12.2 Å². The van der Waals surface area contributed by atoms with E-state index in [2.05, 4.69) is 0 Å². The quantitative estimate of drug-likeness (QED) is 0.302. The topological polar surface area (TPSA) is 95.6 Å². The molecule has 3 amide bonds. The lowest BCUT2D eigenvalue weighted by molar-refractivity contribution is -0.132. The minimum atomic E-state index is -0.544. The van der Waals surface area contributed by atoms with Gasteiger partial charge in [-0.2, -0.15) is 0 Å². The molecule has 7 heteroatoms. The molecule has 0 radical (unpaired) electrons. The van der Waals surface area contributed by atoms with E-state index >= 15 is 0 Å². The molecule has 0 aliphatic rings. The summed E-state index contributed by atoms with van der Waals surface area (Å²) in [5, 5.41) is 0. The van der Waals surface area contributed by atoms with Crippen LogP contribution in [-0.4, -0.2) is 43.0 Å². The van der Waals surface area contributed by atoms with Crippen molar-refractivity contribution in [2.45, 2.75) is 0 Å². The SMILES string of the molecule is CN(CC(=O)NNC=O)C(=O)/C=C\C=O. The maximum absolute atomic E-state index is 11.1. The lowest BCUT2D eigenvalue weighted by atomic mass is 10.4. The molecule has 0 aliphatic heterocycles. The summed E-state index contributed by atoms with van der Waals surface area (Å²) in [7, 11) is 1.39. The molecule has 0 aliphatic carbocycles. The normalized spacial score (nSPS) is 9.40. The smallest absolute Gasteiger partial charge is 0.257 e. The zero-order chi connectivity index (χ0) is 11.7. The second-order valence-corrected chi connectivity index (χ2v) is 2.50. The molecule has 0 saturated carbocycles. The molecule has 0 aromatic carbocycles. The predicted octanol–water partition coefficient (Wildman–Crippen LogP) is -2.02. The van der Waals surface area contributed by atoms with E-state index in [0.717, 1.165) is 17.1 Å². The first-order chi connectivity index (χ1) is 7.11. The summed E-state index contributed by atoms with van der Waals surface area (Å²) in [6.07, 6.45) is 2.82. The zero-order valence-electron chi connectivity index (χ0n) is 8.10. The Labute approximate surface area is 86.1 Å². The van der Waals surface area contributed by atoms with Crippen molar-refractivity contribution < 1.29 is 19.2 Å². The average Bonchev–Trinajstić information content (AvgIpc) is 2.22. The summed E-state index contributed by atoms with van der Waals surface area (Å²) in [6, 6.07) is 0. The van der Waals surface area contributed by atoms with Gasteiger partial charge in [0, 0.05) is 13.1 Å². The summed E-state index contributed by atoms with van der Waals surface area (Å²) < 4.78 is 0. The first-order valence-corrected chi connectivity index (χ1v) is 3.96. The molecular formula is C8H11N3O4. The molecule has 0 fully saturated rings. The molecule has 0 unspecified atom stereocenters. The third-order valence-corrected chi connectivity index (χ3v) is 1.34. The summed E-state index contributed by atoms with van der Waals surface area (Å²) >= 11 is 0. The van der Waals surface area contributed by atoms with E-state index < -0.39 is 11.8 Å². The van der Waals surface area contributed by atoms with Crippen molar-refractivity contribution in [3.05, 3.63) is 12.2 Å². The van der Waals surface area contributed by atoms with Gasteiger partial charge in [-0.15, -0.1) is 0 Å². The molecule has 0 heterocycles. The van der Waals surface area contributed by atoms with Crippen molar-refractivity contribution in [1.29, 1.82) is 0 Å². The molecule has 0 saturated heterocycles. The molecule has 0 rings (SSSR count). The number of carbonyl (C=O) groups is 4. The summed E-state index contributed by atoms with van der Waals surface area (Å²) in [6.45, 7) is -0.219. The Kier molecular flexibility index (Phi) is 6.19. The maximum atomic E-state index is 11.1. The van der Waals surface area contributed by atoms with Gasteiger partial charge in [-0.3, -0.25) is 30.0 Å². The molecular weight excluding hydrogens is 202 g/mol. The summed E-state index contributed by atoms with van der Waals surface area (Å²) in [5.41, 5.74) is 3.97. The summed E-state index contributed by atoms with van der Waals surface area (Å²) in [4.78, 5) is 42.9. The van der Waals surface area contributed by atoms with E-state index in [1.807, 2.05) is 10.9 Å². The summed E-state index contributed by atoms with van der Waals surface area (Å²) in [5.74, 6) is -1.03. The number of nitrogens with one attached hydrogen (secondary N) is 2. The van der Waals surface area contributed by atoms with Crippen LogP contribution in [0.4, 0.5) is 0 Å². The van der Waals surface area contributed by atoms with Gasteiger partial charge in [-0.05, 0) is 6.08 Å². The van der Waals surface area contributed by atoms with Crippen molar-refractivity contribution in [2.75, 3.05) is 13.6 Å². The van der Waals surface area contributed by atoms with Gasteiger partial charge in [-0.1, -0.05) is 0 Å². The maximum Gasteiger partial charge on any atom is 0.257 e. The highest BCUT2D eigenvalue weighted by Crippen LogP contribution is 1.85. The van der Waals surface area contributed by atoms with Crippen LogP contribution in [0, 0.1) is 0 Å². The van der Waals surface area contributed by atoms with Crippen LogP contribution in [0.2, 0.25) is 0 Å². The van der Waals surface area contributed by atoms with Crippen molar-refractivity contribution in [2.24, 2.45) is 0 Å². The van der Waals surface area contributed by atoms with Crippen LogP contribution in [0.25, 0.3) is 0 Å². The van der Waals surface area contributed by atoms with Gasteiger partial charge in [0.25, 0.3) is 5.91 Å². The highest BCUT2D eigenvalue weighted by molar-refractivity contribution is 5.93. The van der Waals surface area contributed by atoms with Crippen molar-refractivity contribution in [3.8, 4) is 0 Å². The van der Waals surface area contributed by atoms with Crippen LogP contribution >= 0.6 is 0 Å². The molecule has 15 heavy (non-hydrogen) atoms. The van der Waals surface area contributed by atoms with Gasteiger partial charge >= 0.3 is 0 Å². The van der Waals surface area contributed by atoms with E-state index in [1.54, 1.807) is 0 Å². The third-order valence-electron chi connectivity index (χ3n) is 1.34. The molecule has 0 aromatic rings. The zero-order valence-corrected chi connectivity index (χ0v) is 8.10. The number of hydrogen-bond donors (Lipinski definition) is 2. The first kappa shape index (κ1) is 12.8. The van der Waals surface area contributed by atoms with Crippen LogP contribution < -0.4 is 10.9 Å². The Morgan fingerprint density at radius 1 is 1.33 bits per heavy atom. The number of hydrogen-bond acceptors (Lipinski definition) is 4. The van der Waals surface area contributed by atoms with Gasteiger partial charge in [-0.25, -0.2) is 0 Å². The fourth-order valence-corrected chi connectivity index (χ4v) is 0.692. The number of allylic oxidation sites excluding steroid dienone is 1. The highest BCUT2D eigenvalue weighted by Gasteiger charge is 2.09. The molecule has 7 nitrogen and oxygen atoms in total. The number of amides is 3. The van der Waals surface area contributed by atoms with Crippen LogP contribution in [0.3, 0.4) is 0 Å². The van der Waals surface area contributed by atoms with E-state index in [0.29, 0.717) is 12.7 Å². The van der Waals surface area contributed by atoms with Crippen molar-refractivity contribution in [1.82, 2.24) is 15.8 Å². The fraction of sp³-hybridized carbons (Fsp3) is 0.250. The number of rotatable bonds is 6. The van der Waals surface area contributed by atoms with Gasteiger partial charge in [0.15, 0.2) is 0 Å². The van der Waals surface area contributed by atoms with Crippen molar-refractivity contribution in [3.63, 3.8) is 0 Å². The lowest BCUT2D eigenvalue weighted by Gasteiger charge is -2.13. The van der Waals surface area contributed by atoms with Gasteiger partial charge in [0.05, 0.1) is 0 Å². The first-order valence-electron chi connectivity index (χ1n) is 3.96.